The summed E-state index contributed by atoms with van der Waals surface area (Å²) in [6.45, 7) is 1.74. The zero-order valence-electron chi connectivity index (χ0n) is 9.10. The Balaban J connectivity index is 2.61. The number of hydrogen-bond donors (Lipinski definition) is 0. The molecule has 0 aliphatic heterocycles. The Morgan fingerprint density at radius 1 is 1.27 bits per heavy atom. The van der Waals surface area contributed by atoms with E-state index in [-0.39, 0.29) is 0 Å². The van der Waals surface area contributed by atoms with Gasteiger partial charge in [0.15, 0.2) is 0 Å². The minimum absolute atomic E-state index is 0.498. The highest BCUT2D eigenvalue weighted by Crippen LogP contribution is 2.09. The fourth-order valence-corrected chi connectivity index (χ4v) is 0.844. The van der Waals surface area contributed by atoms with Crippen molar-refractivity contribution in [1.82, 2.24) is 4.90 Å². The van der Waals surface area contributed by atoms with E-state index < -0.39 is 6.09 Å². The van der Waals surface area contributed by atoms with E-state index in [0.717, 1.165) is 0 Å². The summed E-state index contributed by atoms with van der Waals surface area (Å²) in [6, 6.07) is 8.86. The van der Waals surface area contributed by atoms with Gasteiger partial charge in [0.1, 0.15) is 11.6 Å². The number of hydrogen-bond acceptors (Lipinski definition) is 2. The highest BCUT2D eigenvalue weighted by Gasteiger charge is 2.03. The molecule has 0 saturated heterocycles. The van der Waals surface area contributed by atoms with E-state index >= 15 is 0 Å². The first-order chi connectivity index (χ1) is 7.09. The second-order valence-corrected chi connectivity index (χ2v) is 3.23. The molecule has 0 aliphatic rings. The van der Waals surface area contributed by atoms with Gasteiger partial charge < -0.3 is 9.64 Å². The second-order valence-electron chi connectivity index (χ2n) is 3.23. The van der Waals surface area contributed by atoms with Crippen LogP contribution in [0.15, 0.2) is 35.3 Å². The normalized spacial score (nSPS) is 11.0. The average molecular weight is 206 g/mol. The molecule has 0 spiro atoms. The fraction of sp³-hybridized carbons (Fsp3) is 0.273. The number of carbonyl (C=O) groups is 1. The predicted octanol–water partition coefficient (Wildman–Crippen LogP) is 2.17. The molecule has 0 atom stereocenters. The number of rotatable bonds is 1. The molecule has 0 heterocycles. The van der Waals surface area contributed by atoms with E-state index in [2.05, 4.69) is 4.99 Å². The summed E-state index contributed by atoms with van der Waals surface area (Å²) in [5.41, 5.74) is 0. The van der Waals surface area contributed by atoms with Crippen molar-refractivity contribution in [2.24, 2.45) is 4.99 Å². The van der Waals surface area contributed by atoms with Crippen LogP contribution in [-0.2, 0) is 0 Å². The van der Waals surface area contributed by atoms with Crippen LogP contribution in [0.4, 0.5) is 4.79 Å². The molecule has 0 aromatic heterocycles. The lowest BCUT2D eigenvalue weighted by Crippen LogP contribution is -2.20. The molecule has 0 bridgehead atoms. The Hall–Kier alpha value is -1.84. The molecule has 1 aromatic carbocycles. The van der Waals surface area contributed by atoms with Crippen LogP contribution in [0.25, 0.3) is 0 Å². The molecule has 1 amide bonds. The maximum absolute atomic E-state index is 11.3. The standard InChI is InChI=1S/C11H14N2O2/c1-9(13(2)3)12-11(14)15-10-7-5-4-6-8-10/h4-8H,1-3H3/b12-9-. The molecular weight excluding hydrogens is 192 g/mol. The van der Waals surface area contributed by atoms with Crippen molar-refractivity contribution in [1.29, 1.82) is 0 Å². The molecule has 0 fully saturated rings. The van der Waals surface area contributed by atoms with E-state index in [1.54, 1.807) is 36.1 Å². The van der Waals surface area contributed by atoms with Crippen LogP contribution in [0.5, 0.6) is 5.75 Å². The third-order valence-electron chi connectivity index (χ3n) is 1.85. The van der Waals surface area contributed by atoms with E-state index in [9.17, 15) is 4.79 Å². The molecule has 0 unspecified atom stereocenters. The molecule has 80 valence electrons. The quantitative estimate of drug-likeness (QED) is 0.522. The van der Waals surface area contributed by atoms with E-state index in [1.165, 1.54) is 0 Å². The molecule has 4 nitrogen and oxygen atoms in total. The van der Waals surface area contributed by atoms with Crippen molar-refractivity contribution in [3.05, 3.63) is 30.3 Å². The predicted molar refractivity (Wildman–Crippen MR) is 59.3 cm³/mol. The maximum Gasteiger partial charge on any atom is 0.440 e. The van der Waals surface area contributed by atoms with E-state index in [4.69, 9.17) is 4.74 Å². The lowest BCUT2D eigenvalue weighted by Gasteiger charge is -2.10. The molecule has 4 heteroatoms. The zero-order chi connectivity index (χ0) is 11.3. The summed E-state index contributed by atoms with van der Waals surface area (Å²) in [5, 5.41) is 0. The van der Waals surface area contributed by atoms with Gasteiger partial charge in [-0.25, -0.2) is 4.79 Å². The number of amidine groups is 1. The molecule has 15 heavy (non-hydrogen) atoms. The number of ether oxygens (including phenoxy) is 1. The monoisotopic (exact) mass is 206 g/mol. The van der Waals surface area contributed by atoms with E-state index in [0.29, 0.717) is 11.6 Å². The zero-order valence-corrected chi connectivity index (χ0v) is 9.10. The highest BCUT2D eigenvalue weighted by atomic mass is 16.5. The van der Waals surface area contributed by atoms with Crippen molar-refractivity contribution in [2.75, 3.05) is 14.1 Å². The van der Waals surface area contributed by atoms with Gasteiger partial charge in [-0.2, -0.15) is 4.99 Å². The van der Waals surface area contributed by atoms with Gasteiger partial charge >= 0.3 is 6.09 Å². The Labute approximate surface area is 89.2 Å². The Morgan fingerprint density at radius 2 is 1.87 bits per heavy atom. The van der Waals surface area contributed by atoms with Gasteiger partial charge in [0, 0.05) is 14.1 Å². The average Bonchev–Trinajstić information content (AvgIpc) is 2.18. The van der Waals surface area contributed by atoms with Gasteiger partial charge in [0.25, 0.3) is 0 Å². The minimum Gasteiger partial charge on any atom is -0.409 e. The molecule has 0 N–H and O–H groups in total. The van der Waals surface area contributed by atoms with Crippen LogP contribution < -0.4 is 4.74 Å². The minimum atomic E-state index is -0.604. The fourth-order valence-electron chi connectivity index (χ4n) is 0.844. The van der Waals surface area contributed by atoms with Gasteiger partial charge in [0.2, 0.25) is 0 Å². The number of carbonyl (C=O) groups excluding carboxylic acids is 1. The van der Waals surface area contributed by atoms with Gasteiger partial charge in [-0.15, -0.1) is 0 Å². The van der Waals surface area contributed by atoms with Crippen molar-refractivity contribution in [3.8, 4) is 5.75 Å². The summed E-state index contributed by atoms with van der Waals surface area (Å²) in [4.78, 5) is 16.8. The van der Waals surface area contributed by atoms with Crippen LogP contribution in [0, 0.1) is 0 Å². The highest BCUT2D eigenvalue weighted by molar-refractivity contribution is 5.90. The van der Waals surface area contributed by atoms with Gasteiger partial charge in [-0.1, -0.05) is 18.2 Å². The van der Waals surface area contributed by atoms with Crippen molar-refractivity contribution in [3.63, 3.8) is 0 Å². The van der Waals surface area contributed by atoms with Crippen LogP contribution >= 0.6 is 0 Å². The number of para-hydroxylation sites is 1. The maximum atomic E-state index is 11.3. The summed E-state index contributed by atoms with van der Waals surface area (Å²) >= 11 is 0. The van der Waals surface area contributed by atoms with E-state index in [1.807, 2.05) is 20.2 Å². The lowest BCUT2D eigenvalue weighted by atomic mass is 10.3. The smallest absolute Gasteiger partial charge is 0.409 e. The first kappa shape index (κ1) is 11.2. The van der Waals surface area contributed by atoms with Crippen molar-refractivity contribution >= 4 is 11.9 Å². The molecule has 0 radical (unpaired) electrons. The third kappa shape index (κ3) is 3.81. The topological polar surface area (TPSA) is 41.9 Å². The first-order valence-electron chi connectivity index (χ1n) is 4.59. The van der Waals surface area contributed by atoms with Gasteiger partial charge in [0.05, 0.1) is 0 Å². The summed E-state index contributed by atoms with van der Waals surface area (Å²) in [6.07, 6.45) is -0.604. The first-order valence-corrected chi connectivity index (χ1v) is 4.59. The number of nitrogens with zero attached hydrogens (tertiary/aromatic N) is 2. The van der Waals surface area contributed by atoms with Gasteiger partial charge in [-0.05, 0) is 19.1 Å². The molecule has 0 aliphatic carbocycles. The molecule has 1 rings (SSSR count). The Morgan fingerprint density at radius 3 is 2.40 bits per heavy atom. The van der Waals surface area contributed by atoms with Crippen LogP contribution in [-0.4, -0.2) is 30.9 Å². The van der Waals surface area contributed by atoms with Gasteiger partial charge in [-0.3, -0.25) is 0 Å². The number of aliphatic imine (C=N–C) groups is 1. The largest absolute Gasteiger partial charge is 0.440 e. The van der Waals surface area contributed by atoms with Crippen LogP contribution in [0.1, 0.15) is 6.92 Å². The summed E-state index contributed by atoms with van der Waals surface area (Å²) in [5.74, 6) is 1.11. The summed E-state index contributed by atoms with van der Waals surface area (Å²) < 4.78 is 4.98. The second kappa shape index (κ2) is 5.14. The number of amides is 1. The van der Waals surface area contributed by atoms with Crippen LogP contribution in [0.3, 0.4) is 0 Å². The molecular formula is C11H14N2O2. The SMILES string of the molecule is C/C(=N/C(=O)Oc1ccccc1)N(C)C. The van der Waals surface area contributed by atoms with Crippen LogP contribution in [0.2, 0.25) is 0 Å². The Bertz CT molecular complexity index is 358. The lowest BCUT2D eigenvalue weighted by molar-refractivity contribution is 0.211. The third-order valence-corrected chi connectivity index (χ3v) is 1.85. The molecule has 1 aromatic rings. The summed E-state index contributed by atoms with van der Waals surface area (Å²) in [7, 11) is 3.63. The van der Waals surface area contributed by atoms with Crippen molar-refractivity contribution < 1.29 is 9.53 Å². The Kier molecular flexibility index (Phi) is 3.85. The molecule has 0 saturated carbocycles. The number of benzene rings is 1. The van der Waals surface area contributed by atoms with Crippen molar-refractivity contribution in [2.45, 2.75) is 6.92 Å².